The Labute approximate surface area is 151 Å². The van der Waals surface area contributed by atoms with E-state index < -0.39 is 17.2 Å². The number of nitrogens with one attached hydrogen (secondary N) is 1. The molecule has 2 heterocycles. The van der Waals surface area contributed by atoms with Gasteiger partial charge in [0.05, 0.1) is 5.41 Å². The number of likely N-dealkylation sites (tertiary alicyclic amines) is 1. The van der Waals surface area contributed by atoms with Gasteiger partial charge in [-0.2, -0.15) is 0 Å². The highest BCUT2D eigenvalue weighted by molar-refractivity contribution is 9.10. The van der Waals surface area contributed by atoms with E-state index in [1.807, 2.05) is 0 Å². The Morgan fingerprint density at radius 3 is 2.80 bits per heavy atom. The number of nitrogens with zero attached hydrogens (tertiary/aromatic N) is 1. The van der Waals surface area contributed by atoms with Crippen molar-refractivity contribution in [3.63, 3.8) is 0 Å². The number of hydrogen-bond acceptors (Lipinski definition) is 3. The van der Waals surface area contributed by atoms with Gasteiger partial charge in [0, 0.05) is 41.0 Å². The molecule has 1 aliphatic carbocycles. The second-order valence-corrected chi connectivity index (χ2v) is 7.51. The summed E-state index contributed by atoms with van der Waals surface area (Å²) in [5, 5.41) is 2.35. The normalized spacial score (nSPS) is 27.8. The van der Waals surface area contributed by atoms with E-state index in [1.54, 1.807) is 30.4 Å². The SMILES string of the molecule is O=C1C[C@]2(CN(Cc3ccc(Br)cc3F)C(=O)C3=CC=CC32)C(=O)N1. The number of halogens is 2. The maximum absolute atomic E-state index is 14.2. The fourth-order valence-electron chi connectivity index (χ4n) is 3.88. The number of allylic oxidation sites excluding steroid dienone is 3. The van der Waals surface area contributed by atoms with Crippen molar-refractivity contribution in [3.05, 3.63) is 57.9 Å². The van der Waals surface area contributed by atoms with Crippen LogP contribution < -0.4 is 5.32 Å². The third-order valence-corrected chi connectivity index (χ3v) is 5.57. The van der Waals surface area contributed by atoms with Crippen LogP contribution in [0.5, 0.6) is 0 Å². The molecule has 0 radical (unpaired) electrons. The fourth-order valence-corrected chi connectivity index (χ4v) is 4.21. The third kappa shape index (κ3) is 2.45. The molecular weight excluding hydrogens is 391 g/mol. The summed E-state index contributed by atoms with van der Waals surface area (Å²) in [6, 6.07) is 4.64. The summed E-state index contributed by atoms with van der Waals surface area (Å²) in [6.07, 6.45) is 5.24. The third-order valence-electron chi connectivity index (χ3n) is 5.07. The number of rotatable bonds is 2. The predicted molar refractivity (Wildman–Crippen MR) is 90.4 cm³/mol. The molecule has 25 heavy (non-hydrogen) atoms. The van der Waals surface area contributed by atoms with Crippen LogP contribution in [-0.4, -0.2) is 29.2 Å². The largest absolute Gasteiger partial charge is 0.333 e. The van der Waals surface area contributed by atoms with Gasteiger partial charge in [-0.15, -0.1) is 0 Å². The van der Waals surface area contributed by atoms with Crippen LogP contribution in [0.1, 0.15) is 12.0 Å². The molecule has 4 rings (SSSR count). The van der Waals surface area contributed by atoms with Crippen LogP contribution in [0, 0.1) is 17.2 Å². The number of amides is 3. The molecule has 128 valence electrons. The first-order valence-corrected chi connectivity index (χ1v) is 8.66. The average Bonchev–Trinajstić information content (AvgIpc) is 3.13. The van der Waals surface area contributed by atoms with Gasteiger partial charge in [0.1, 0.15) is 5.82 Å². The molecule has 0 saturated carbocycles. The summed E-state index contributed by atoms with van der Waals surface area (Å²) in [5.74, 6) is -1.76. The Morgan fingerprint density at radius 2 is 2.12 bits per heavy atom. The summed E-state index contributed by atoms with van der Waals surface area (Å²) >= 11 is 3.21. The van der Waals surface area contributed by atoms with Gasteiger partial charge in [0.15, 0.2) is 0 Å². The van der Waals surface area contributed by atoms with Crippen molar-refractivity contribution < 1.29 is 18.8 Å². The first-order chi connectivity index (χ1) is 11.9. The van der Waals surface area contributed by atoms with Crippen LogP contribution in [0.2, 0.25) is 0 Å². The zero-order valence-electron chi connectivity index (χ0n) is 13.1. The molecule has 0 bridgehead atoms. The molecule has 1 unspecified atom stereocenters. The number of hydrogen-bond donors (Lipinski definition) is 1. The molecule has 0 aromatic heterocycles. The Kier molecular flexibility index (Phi) is 3.64. The van der Waals surface area contributed by atoms with Gasteiger partial charge < -0.3 is 4.90 Å². The second kappa shape index (κ2) is 5.62. The highest BCUT2D eigenvalue weighted by Crippen LogP contribution is 2.47. The van der Waals surface area contributed by atoms with Crippen LogP contribution in [-0.2, 0) is 20.9 Å². The number of carbonyl (C=O) groups is 3. The Morgan fingerprint density at radius 1 is 1.32 bits per heavy atom. The zero-order chi connectivity index (χ0) is 17.8. The lowest BCUT2D eigenvalue weighted by molar-refractivity contribution is -0.140. The predicted octanol–water partition coefficient (Wildman–Crippen LogP) is 2.08. The summed E-state index contributed by atoms with van der Waals surface area (Å²) in [7, 11) is 0. The van der Waals surface area contributed by atoms with Crippen molar-refractivity contribution in [2.75, 3.05) is 6.54 Å². The summed E-state index contributed by atoms with van der Waals surface area (Å²) < 4.78 is 14.8. The number of benzene rings is 1. The van der Waals surface area contributed by atoms with Crippen molar-refractivity contribution in [1.82, 2.24) is 10.2 Å². The summed E-state index contributed by atoms with van der Waals surface area (Å²) in [6.45, 7) is 0.135. The van der Waals surface area contributed by atoms with E-state index in [0.29, 0.717) is 15.6 Å². The maximum atomic E-state index is 14.2. The molecule has 1 N–H and O–H groups in total. The first kappa shape index (κ1) is 16.2. The smallest absolute Gasteiger partial charge is 0.250 e. The average molecular weight is 405 g/mol. The van der Waals surface area contributed by atoms with E-state index in [4.69, 9.17) is 0 Å². The lowest BCUT2D eigenvalue weighted by Crippen LogP contribution is -2.54. The minimum absolute atomic E-state index is 0.0325. The molecule has 5 nitrogen and oxygen atoms in total. The van der Waals surface area contributed by atoms with E-state index in [9.17, 15) is 18.8 Å². The van der Waals surface area contributed by atoms with Crippen molar-refractivity contribution in [1.29, 1.82) is 0 Å². The highest BCUT2D eigenvalue weighted by Gasteiger charge is 2.58. The van der Waals surface area contributed by atoms with Gasteiger partial charge in [-0.05, 0) is 12.1 Å². The lowest BCUT2D eigenvalue weighted by Gasteiger charge is -2.43. The minimum atomic E-state index is -1.00. The molecule has 2 atom stereocenters. The van der Waals surface area contributed by atoms with E-state index in [2.05, 4.69) is 21.2 Å². The van der Waals surface area contributed by atoms with Crippen molar-refractivity contribution >= 4 is 33.7 Å². The van der Waals surface area contributed by atoms with Crippen molar-refractivity contribution in [2.45, 2.75) is 13.0 Å². The van der Waals surface area contributed by atoms with Gasteiger partial charge >= 0.3 is 0 Å². The van der Waals surface area contributed by atoms with E-state index >= 15 is 0 Å². The molecule has 2 saturated heterocycles. The molecule has 1 spiro atoms. The summed E-state index contributed by atoms with van der Waals surface area (Å²) in [4.78, 5) is 38.6. The molecule has 2 fully saturated rings. The summed E-state index contributed by atoms with van der Waals surface area (Å²) in [5.41, 5.74) is -0.162. The van der Waals surface area contributed by atoms with E-state index in [1.165, 1.54) is 11.0 Å². The van der Waals surface area contributed by atoms with Crippen LogP contribution in [0.4, 0.5) is 4.39 Å². The van der Waals surface area contributed by atoms with Gasteiger partial charge in [-0.25, -0.2) is 4.39 Å². The molecular formula is C18H14BrFN2O3. The fraction of sp³-hybridized carbons (Fsp3) is 0.278. The van der Waals surface area contributed by atoms with Gasteiger partial charge in [-0.3, -0.25) is 19.7 Å². The van der Waals surface area contributed by atoms with Crippen LogP contribution in [0.25, 0.3) is 0 Å². The zero-order valence-corrected chi connectivity index (χ0v) is 14.7. The van der Waals surface area contributed by atoms with Gasteiger partial charge in [-0.1, -0.05) is 40.2 Å². The number of piperidine rings is 1. The Balaban J connectivity index is 1.70. The molecule has 3 aliphatic rings. The lowest BCUT2D eigenvalue weighted by atomic mass is 9.68. The molecule has 1 aromatic carbocycles. The van der Waals surface area contributed by atoms with E-state index in [0.717, 1.165) is 0 Å². The van der Waals surface area contributed by atoms with Crippen LogP contribution in [0.15, 0.2) is 46.5 Å². The molecule has 3 amide bonds. The quantitative estimate of drug-likeness (QED) is 0.767. The second-order valence-electron chi connectivity index (χ2n) is 6.59. The van der Waals surface area contributed by atoms with Crippen LogP contribution >= 0.6 is 15.9 Å². The minimum Gasteiger partial charge on any atom is -0.333 e. The topological polar surface area (TPSA) is 66.5 Å². The van der Waals surface area contributed by atoms with Gasteiger partial charge in [0.2, 0.25) is 11.8 Å². The Bertz CT molecular complexity index is 879. The molecule has 7 heteroatoms. The molecule has 2 aliphatic heterocycles. The number of imide groups is 1. The number of carbonyl (C=O) groups excluding carboxylic acids is 3. The van der Waals surface area contributed by atoms with Crippen LogP contribution in [0.3, 0.4) is 0 Å². The Hall–Kier alpha value is -2.28. The monoisotopic (exact) mass is 404 g/mol. The van der Waals surface area contributed by atoms with E-state index in [-0.39, 0.29) is 37.2 Å². The van der Waals surface area contributed by atoms with Crippen molar-refractivity contribution in [2.24, 2.45) is 11.3 Å². The number of fused-ring (bicyclic) bond motifs is 2. The standard InChI is InChI=1S/C18H14BrFN2O3/c19-11-5-4-10(14(20)6-11)8-22-9-18(7-15(23)21-17(18)25)13-3-1-2-12(13)16(22)24/h1-6,13H,7-9H2,(H,21,23,25)/t13?,18-/m1/s1. The maximum Gasteiger partial charge on any atom is 0.250 e. The van der Waals surface area contributed by atoms with Crippen molar-refractivity contribution in [3.8, 4) is 0 Å². The highest BCUT2D eigenvalue weighted by atomic mass is 79.9. The van der Waals surface area contributed by atoms with Gasteiger partial charge in [0.25, 0.3) is 5.91 Å². The molecule has 1 aromatic rings. The first-order valence-electron chi connectivity index (χ1n) is 7.86.